The first-order valence-electron chi connectivity index (χ1n) is 9.21. The van der Waals surface area contributed by atoms with Crippen molar-refractivity contribution in [1.82, 2.24) is 10.2 Å². The maximum atomic E-state index is 12.8. The second kappa shape index (κ2) is 8.91. The van der Waals surface area contributed by atoms with E-state index in [4.69, 9.17) is 11.6 Å². The van der Waals surface area contributed by atoms with Crippen LogP contribution in [0.1, 0.15) is 27.1 Å². The molecule has 0 saturated carbocycles. The lowest BCUT2D eigenvalue weighted by Crippen LogP contribution is -2.35. The van der Waals surface area contributed by atoms with E-state index < -0.39 is 4.92 Å². The van der Waals surface area contributed by atoms with E-state index >= 15 is 0 Å². The highest BCUT2D eigenvalue weighted by Crippen LogP contribution is 2.27. The van der Waals surface area contributed by atoms with Crippen LogP contribution in [-0.4, -0.2) is 54.9 Å². The zero-order chi connectivity index (χ0) is 21.0. The molecule has 2 aromatic carbocycles. The Labute approximate surface area is 173 Å². The summed E-state index contributed by atoms with van der Waals surface area (Å²) in [5.74, 6) is -0.482. The van der Waals surface area contributed by atoms with Crippen LogP contribution in [0.5, 0.6) is 0 Å². The second-order valence-electron chi connectivity index (χ2n) is 6.68. The number of hydrogen-bond acceptors (Lipinski definition) is 5. The molecule has 152 valence electrons. The van der Waals surface area contributed by atoms with Crippen molar-refractivity contribution in [3.05, 3.63) is 68.7 Å². The molecule has 9 heteroatoms. The van der Waals surface area contributed by atoms with E-state index in [0.717, 1.165) is 0 Å². The Morgan fingerprint density at radius 3 is 2.59 bits per heavy atom. The van der Waals surface area contributed by atoms with Crippen molar-refractivity contribution in [2.45, 2.75) is 6.42 Å². The topological polar surface area (TPSA) is 95.8 Å². The summed E-state index contributed by atoms with van der Waals surface area (Å²) in [6.45, 7) is 2.18. The predicted molar refractivity (Wildman–Crippen MR) is 111 cm³/mol. The van der Waals surface area contributed by atoms with Crippen molar-refractivity contribution in [2.75, 3.05) is 38.1 Å². The van der Waals surface area contributed by atoms with Crippen LogP contribution in [0.4, 0.5) is 11.4 Å². The van der Waals surface area contributed by atoms with Gasteiger partial charge in [-0.3, -0.25) is 19.7 Å². The van der Waals surface area contributed by atoms with Gasteiger partial charge in [-0.2, -0.15) is 0 Å². The van der Waals surface area contributed by atoms with Gasteiger partial charge in [0.25, 0.3) is 17.5 Å². The summed E-state index contributed by atoms with van der Waals surface area (Å²) >= 11 is 5.99. The summed E-state index contributed by atoms with van der Waals surface area (Å²) in [6.07, 6.45) is 0.705. The van der Waals surface area contributed by atoms with Gasteiger partial charge in [0.1, 0.15) is 0 Å². The Morgan fingerprint density at radius 1 is 1.10 bits per heavy atom. The van der Waals surface area contributed by atoms with Crippen molar-refractivity contribution in [3.8, 4) is 0 Å². The number of rotatable bonds is 4. The van der Waals surface area contributed by atoms with E-state index in [9.17, 15) is 19.7 Å². The van der Waals surface area contributed by atoms with Crippen LogP contribution in [-0.2, 0) is 0 Å². The minimum atomic E-state index is -0.524. The van der Waals surface area contributed by atoms with Crippen molar-refractivity contribution in [1.29, 1.82) is 0 Å². The fraction of sp³-hybridized carbons (Fsp3) is 0.300. The quantitative estimate of drug-likeness (QED) is 0.610. The Balaban J connectivity index is 1.81. The number of halogens is 1. The third kappa shape index (κ3) is 4.65. The molecule has 0 aromatic heterocycles. The molecule has 8 nitrogen and oxygen atoms in total. The van der Waals surface area contributed by atoms with E-state index in [2.05, 4.69) is 5.32 Å². The lowest BCUT2D eigenvalue weighted by Gasteiger charge is -2.25. The van der Waals surface area contributed by atoms with E-state index in [-0.39, 0.29) is 23.1 Å². The van der Waals surface area contributed by atoms with Crippen LogP contribution in [0.25, 0.3) is 0 Å². The second-order valence-corrected chi connectivity index (χ2v) is 7.12. The number of hydrogen-bond donors (Lipinski definition) is 1. The highest BCUT2D eigenvalue weighted by atomic mass is 35.5. The molecule has 1 saturated heterocycles. The van der Waals surface area contributed by atoms with Crippen molar-refractivity contribution < 1.29 is 14.5 Å². The van der Waals surface area contributed by atoms with Gasteiger partial charge in [-0.15, -0.1) is 0 Å². The maximum absolute atomic E-state index is 12.8. The first-order valence-corrected chi connectivity index (χ1v) is 9.59. The standard InChI is InChI=1S/C20H21ClN4O4/c1-22-19(26)17-13-16(25(28)29)6-7-18(17)23-8-3-9-24(11-10-23)20(27)14-4-2-5-15(21)12-14/h2,4-7,12-13H,3,8-11H2,1H3,(H,22,26). The fourth-order valence-electron chi connectivity index (χ4n) is 3.40. The number of amides is 2. The Morgan fingerprint density at radius 2 is 1.90 bits per heavy atom. The monoisotopic (exact) mass is 416 g/mol. The number of carbonyl (C=O) groups is 2. The molecule has 0 spiro atoms. The van der Waals surface area contributed by atoms with Crippen LogP contribution in [0.3, 0.4) is 0 Å². The van der Waals surface area contributed by atoms with Crippen LogP contribution in [0.2, 0.25) is 5.02 Å². The van der Waals surface area contributed by atoms with Gasteiger partial charge in [-0.25, -0.2) is 0 Å². The Kier molecular flexibility index (Phi) is 6.33. The van der Waals surface area contributed by atoms with E-state index in [0.29, 0.717) is 48.9 Å². The van der Waals surface area contributed by atoms with Crippen LogP contribution >= 0.6 is 11.6 Å². The van der Waals surface area contributed by atoms with Crippen molar-refractivity contribution >= 4 is 34.8 Å². The fourth-order valence-corrected chi connectivity index (χ4v) is 3.59. The minimum absolute atomic E-state index is 0.0930. The van der Waals surface area contributed by atoms with Gasteiger partial charge in [0.2, 0.25) is 0 Å². The van der Waals surface area contributed by atoms with Gasteiger partial charge in [0, 0.05) is 55.9 Å². The van der Waals surface area contributed by atoms with Crippen LogP contribution < -0.4 is 10.2 Å². The number of nitrogens with zero attached hydrogens (tertiary/aromatic N) is 3. The summed E-state index contributed by atoms with van der Waals surface area (Å²) in [5, 5.41) is 14.1. The van der Waals surface area contributed by atoms with Crippen LogP contribution in [0, 0.1) is 10.1 Å². The smallest absolute Gasteiger partial charge is 0.270 e. The van der Waals surface area contributed by atoms with Gasteiger partial charge in [-0.05, 0) is 30.7 Å². The number of nitro groups is 1. The molecular formula is C20H21ClN4O4. The molecule has 29 heavy (non-hydrogen) atoms. The summed E-state index contributed by atoms with van der Waals surface area (Å²) in [6, 6.07) is 11.1. The average molecular weight is 417 g/mol. The number of nitrogens with one attached hydrogen (secondary N) is 1. The van der Waals surface area contributed by atoms with Crippen LogP contribution in [0.15, 0.2) is 42.5 Å². The van der Waals surface area contributed by atoms with E-state index in [1.807, 2.05) is 4.90 Å². The number of carbonyl (C=O) groups excluding carboxylic acids is 2. The zero-order valence-corrected chi connectivity index (χ0v) is 16.7. The molecule has 2 aromatic rings. The van der Waals surface area contributed by atoms with E-state index in [1.54, 1.807) is 35.2 Å². The molecule has 0 radical (unpaired) electrons. The molecular weight excluding hydrogens is 396 g/mol. The van der Waals surface area contributed by atoms with Gasteiger partial charge < -0.3 is 15.1 Å². The lowest BCUT2D eigenvalue weighted by atomic mass is 10.1. The predicted octanol–water partition coefficient (Wildman–Crippen LogP) is 2.96. The number of benzene rings is 2. The van der Waals surface area contributed by atoms with Crippen molar-refractivity contribution in [2.24, 2.45) is 0 Å². The van der Waals surface area contributed by atoms with Gasteiger partial charge >= 0.3 is 0 Å². The molecule has 1 heterocycles. The average Bonchev–Trinajstić information content (AvgIpc) is 2.98. The minimum Gasteiger partial charge on any atom is -0.369 e. The zero-order valence-electron chi connectivity index (χ0n) is 15.9. The summed E-state index contributed by atoms with van der Waals surface area (Å²) in [7, 11) is 1.48. The normalized spacial score (nSPS) is 14.3. The molecule has 1 fully saturated rings. The maximum Gasteiger partial charge on any atom is 0.270 e. The number of anilines is 1. The molecule has 1 N–H and O–H groups in total. The molecule has 0 aliphatic carbocycles. The number of nitro benzene ring substituents is 1. The number of non-ortho nitro benzene ring substituents is 1. The highest BCUT2D eigenvalue weighted by molar-refractivity contribution is 6.30. The lowest BCUT2D eigenvalue weighted by molar-refractivity contribution is -0.384. The largest absolute Gasteiger partial charge is 0.369 e. The molecule has 0 atom stereocenters. The molecule has 0 bridgehead atoms. The van der Waals surface area contributed by atoms with E-state index in [1.165, 1.54) is 19.2 Å². The molecule has 3 rings (SSSR count). The summed E-state index contributed by atoms with van der Waals surface area (Å²) in [5.41, 5.74) is 1.26. The van der Waals surface area contributed by atoms with Gasteiger partial charge in [-0.1, -0.05) is 17.7 Å². The molecule has 1 aliphatic rings. The third-order valence-corrected chi connectivity index (χ3v) is 5.09. The molecule has 0 unspecified atom stereocenters. The summed E-state index contributed by atoms with van der Waals surface area (Å²) < 4.78 is 0. The highest BCUT2D eigenvalue weighted by Gasteiger charge is 2.24. The molecule has 1 aliphatic heterocycles. The SMILES string of the molecule is CNC(=O)c1cc([N+](=O)[O-])ccc1N1CCCN(C(=O)c2cccc(Cl)c2)CC1. The summed E-state index contributed by atoms with van der Waals surface area (Å²) in [4.78, 5) is 39.4. The van der Waals surface area contributed by atoms with Gasteiger partial charge in [0.05, 0.1) is 16.2 Å². The third-order valence-electron chi connectivity index (χ3n) is 4.86. The van der Waals surface area contributed by atoms with Gasteiger partial charge in [0.15, 0.2) is 0 Å². The Bertz CT molecular complexity index is 950. The first kappa shape index (κ1) is 20.6. The molecule has 2 amide bonds. The first-order chi connectivity index (χ1) is 13.9. The Hall–Kier alpha value is -3.13. The van der Waals surface area contributed by atoms with Crippen molar-refractivity contribution in [3.63, 3.8) is 0 Å².